The molecule has 2 aromatic carbocycles. The maximum atomic E-state index is 12.4. The van der Waals surface area contributed by atoms with Crippen molar-refractivity contribution in [3.8, 4) is 11.1 Å². The molecule has 0 aliphatic carbocycles. The SMILES string of the molecule is CCOC(=O)C(CCc1ccccc1-c1ccc(S(N)(=O)=O)cc1)c1ncco1. The van der Waals surface area contributed by atoms with Crippen LogP contribution in [0.25, 0.3) is 11.1 Å². The lowest BCUT2D eigenvalue weighted by Gasteiger charge is -2.14. The molecule has 29 heavy (non-hydrogen) atoms. The van der Waals surface area contributed by atoms with Crippen molar-refractivity contribution in [2.24, 2.45) is 5.14 Å². The minimum atomic E-state index is -3.74. The van der Waals surface area contributed by atoms with Crippen molar-refractivity contribution < 1.29 is 22.4 Å². The third-order valence-electron chi connectivity index (χ3n) is 4.53. The van der Waals surface area contributed by atoms with E-state index in [1.165, 1.54) is 24.6 Å². The second kappa shape index (κ2) is 9.02. The molecule has 0 saturated carbocycles. The molecule has 1 unspecified atom stereocenters. The summed E-state index contributed by atoms with van der Waals surface area (Å²) in [5, 5.41) is 5.17. The number of hydrogen-bond donors (Lipinski definition) is 1. The van der Waals surface area contributed by atoms with Crippen LogP contribution in [0.1, 0.15) is 30.7 Å². The summed E-state index contributed by atoms with van der Waals surface area (Å²) in [7, 11) is -3.74. The zero-order chi connectivity index (χ0) is 20.9. The van der Waals surface area contributed by atoms with Gasteiger partial charge in [0.05, 0.1) is 17.7 Å². The zero-order valence-electron chi connectivity index (χ0n) is 15.9. The van der Waals surface area contributed by atoms with Crippen LogP contribution in [0.3, 0.4) is 0 Å². The average Bonchev–Trinajstić information content (AvgIpc) is 3.23. The van der Waals surface area contributed by atoms with Crippen LogP contribution < -0.4 is 5.14 Å². The number of esters is 1. The van der Waals surface area contributed by atoms with E-state index in [2.05, 4.69) is 4.98 Å². The van der Waals surface area contributed by atoms with Crippen LogP contribution in [-0.2, 0) is 26.0 Å². The normalized spacial score (nSPS) is 12.5. The van der Waals surface area contributed by atoms with Gasteiger partial charge in [0.15, 0.2) is 0 Å². The van der Waals surface area contributed by atoms with E-state index < -0.39 is 15.9 Å². The highest BCUT2D eigenvalue weighted by atomic mass is 32.2. The number of nitrogens with zero attached hydrogens (tertiary/aromatic N) is 1. The highest BCUT2D eigenvalue weighted by Gasteiger charge is 2.26. The summed E-state index contributed by atoms with van der Waals surface area (Å²) in [6.45, 7) is 2.04. The number of carbonyl (C=O) groups excluding carboxylic acids is 1. The molecule has 3 aromatic rings. The Morgan fingerprint density at radius 1 is 1.17 bits per heavy atom. The maximum Gasteiger partial charge on any atom is 0.318 e. The van der Waals surface area contributed by atoms with Gasteiger partial charge in [-0.25, -0.2) is 18.5 Å². The number of hydrogen-bond acceptors (Lipinski definition) is 6. The van der Waals surface area contributed by atoms with Gasteiger partial charge < -0.3 is 9.15 Å². The van der Waals surface area contributed by atoms with Gasteiger partial charge in [0.1, 0.15) is 12.2 Å². The first-order valence-corrected chi connectivity index (χ1v) is 10.7. The predicted molar refractivity (Wildman–Crippen MR) is 107 cm³/mol. The van der Waals surface area contributed by atoms with Gasteiger partial charge in [0.2, 0.25) is 15.9 Å². The number of rotatable bonds is 8. The van der Waals surface area contributed by atoms with Gasteiger partial charge in [-0.05, 0) is 48.6 Å². The Kier molecular flexibility index (Phi) is 6.46. The van der Waals surface area contributed by atoms with Crippen molar-refractivity contribution in [2.75, 3.05) is 6.61 Å². The van der Waals surface area contributed by atoms with Gasteiger partial charge in [0, 0.05) is 0 Å². The largest absolute Gasteiger partial charge is 0.465 e. The number of aryl methyl sites for hydroxylation is 1. The van der Waals surface area contributed by atoms with Gasteiger partial charge in [-0.2, -0.15) is 0 Å². The fourth-order valence-electron chi connectivity index (χ4n) is 3.14. The Morgan fingerprint density at radius 3 is 2.52 bits per heavy atom. The number of carbonyl (C=O) groups is 1. The van der Waals surface area contributed by atoms with E-state index in [1.807, 2.05) is 24.3 Å². The Morgan fingerprint density at radius 2 is 1.90 bits per heavy atom. The molecule has 0 fully saturated rings. The average molecular weight is 414 g/mol. The van der Waals surface area contributed by atoms with Crippen molar-refractivity contribution in [1.29, 1.82) is 0 Å². The molecular formula is C21H22N2O5S. The lowest BCUT2D eigenvalue weighted by molar-refractivity contribution is -0.145. The molecule has 7 nitrogen and oxygen atoms in total. The number of primary sulfonamides is 1. The lowest BCUT2D eigenvalue weighted by Crippen LogP contribution is -2.17. The molecule has 1 heterocycles. The predicted octanol–water partition coefficient (Wildman–Crippen LogP) is 3.27. The molecule has 3 rings (SSSR count). The van der Waals surface area contributed by atoms with Crippen molar-refractivity contribution in [1.82, 2.24) is 4.98 Å². The Bertz CT molecular complexity index is 1060. The van der Waals surface area contributed by atoms with E-state index in [0.29, 0.717) is 18.7 Å². The summed E-state index contributed by atoms with van der Waals surface area (Å²) >= 11 is 0. The van der Waals surface area contributed by atoms with Gasteiger partial charge in [-0.15, -0.1) is 0 Å². The molecule has 0 aliphatic rings. The highest BCUT2D eigenvalue weighted by molar-refractivity contribution is 7.89. The van der Waals surface area contributed by atoms with Gasteiger partial charge in [-0.3, -0.25) is 4.79 Å². The van der Waals surface area contributed by atoms with Crippen LogP contribution in [0.4, 0.5) is 0 Å². The number of nitrogens with two attached hydrogens (primary N) is 1. The minimum absolute atomic E-state index is 0.0602. The number of ether oxygens (including phenoxy) is 1. The first kappa shape index (κ1) is 20.8. The molecule has 0 aliphatic heterocycles. The van der Waals surface area contributed by atoms with Crippen molar-refractivity contribution in [3.63, 3.8) is 0 Å². The summed E-state index contributed by atoms with van der Waals surface area (Å²) in [6.07, 6.45) is 3.98. The second-order valence-electron chi connectivity index (χ2n) is 6.44. The molecule has 0 saturated heterocycles. The van der Waals surface area contributed by atoms with E-state index in [4.69, 9.17) is 14.3 Å². The van der Waals surface area contributed by atoms with E-state index in [9.17, 15) is 13.2 Å². The van der Waals surface area contributed by atoms with Crippen LogP contribution in [0.2, 0.25) is 0 Å². The third kappa shape index (κ3) is 5.10. The molecule has 1 aromatic heterocycles. The molecule has 0 spiro atoms. The summed E-state index contributed by atoms with van der Waals surface area (Å²) < 4.78 is 33.4. The van der Waals surface area contributed by atoms with Gasteiger partial charge in [-0.1, -0.05) is 36.4 Å². The maximum absolute atomic E-state index is 12.4. The summed E-state index contributed by atoms with van der Waals surface area (Å²) in [5.41, 5.74) is 2.82. The smallest absolute Gasteiger partial charge is 0.318 e. The highest BCUT2D eigenvalue weighted by Crippen LogP contribution is 2.29. The molecule has 8 heteroatoms. The Hall–Kier alpha value is -2.97. The van der Waals surface area contributed by atoms with E-state index in [1.54, 1.807) is 19.1 Å². The third-order valence-corrected chi connectivity index (χ3v) is 5.46. The van der Waals surface area contributed by atoms with Crippen molar-refractivity contribution in [2.45, 2.75) is 30.6 Å². The zero-order valence-corrected chi connectivity index (χ0v) is 16.8. The van der Waals surface area contributed by atoms with E-state index in [0.717, 1.165) is 16.7 Å². The molecule has 0 radical (unpaired) electrons. The Balaban J connectivity index is 1.84. The van der Waals surface area contributed by atoms with Crippen LogP contribution in [0.15, 0.2) is 70.3 Å². The van der Waals surface area contributed by atoms with Crippen LogP contribution >= 0.6 is 0 Å². The van der Waals surface area contributed by atoms with Crippen LogP contribution in [-0.4, -0.2) is 26.0 Å². The topological polar surface area (TPSA) is 112 Å². The van der Waals surface area contributed by atoms with Gasteiger partial charge >= 0.3 is 5.97 Å². The molecule has 152 valence electrons. The summed E-state index contributed by atoms with van der Waals surface area (Å²) in [4.78, 5) is 16.5. The van der Waals surface area contributed by atoms with Crippen LogP contribution in [0.5, 0.6) is 0 Å². The molecule has 0 bridgehead atoms. The summed E-state index contributed by atoms with van der Waals surface area (Å²) in [6, 6.07) is 14.1. The first-order valence-electron chi connectivity index (χ1n) is 9.17. The minimum Gasteiger partial charge on any atom is -0.465 e. The monoisotopic (exact) mass is 414 g/mol. The first-order chi connectivity index (χ1) is 13.9. The number of aromatic nitrogens is 1. The fraction of sp³-hybridized carbons (Fsp3) is 0.238. The second-order valence-corrected chi connectivity index (χ2v) is 8.00. The van der Waals surface area contributed by atoms with Crippen LogP contribution in [0, 0.1) is 0 Å². The van der Waals surface area contributed by atoms with E-state index in [-0.39, 0.29) is 17.5 Å². The molecule has 0 amide bonds. The Labute approximate surface area is 169 Å². The van der Waals surface area contributed by atoms with E-state index >= 15 is 0 Å². The number of sulfonamides is 1. The van der Waals surface area contributed by atoms with Gasteiger partial charge in [0.25, 0.3) is 0 Å². The van der Waals surface area contributed by atoms with Crippen molar-refractivity contribution in [3.05, 3.63) is 72.4 Å². The number of oxazole rings is 1. The quantitative estimate of drug-likeness (QED) is 0.566. The standard InChI is InChI=1S/C21H22N2O5S/c1-2-27-21(24)19(20-23-13-14-28-20)12-9-15-5-3-4-6-18(15)16-7-10-17(11-8-16)29(22,25)26/h3-8,10-11,13-14,19H,2,9,12H2,1H3,(H2,22,25,26). The lowest BCUT2D eigenvalue weighted by atomic mass is 9.93. The van der Waals surface area contributed by atoms with Crippen molar-refractivity contribution >= 4 is 16.0 Å². The number of benzene rings is 2. The fourth-order valence-corrected chi connectivity index (χ4v) is 3.65. The molecular weight excluding hydrogens is 392 g/mol. The summed E-state index contributed by atoms with van der Waals surface area (Å²) in [5.74, 6) is -0.633. The molecule has 1 atom stereocenters. The molecule has 2 N–H and O–H groups in total.